The molecule has 3 rings (SSSR count). The first kappa shape index (κ1) is 14.0. The van der Waals surface area contributed by atoms with E-state index in [-0.39, 0.29) is 11.7 Å². The molecule has 0 unspecified atom stereocenters. The van der Waals surface area contributed by atoms with Crippen molar-refractivity contribution in [1.29, 1.82) is 0 Å². The predicted molar refractivity (Wildman–Crippen MR) is 76.5 cm³/mol. The SMILES string of the molecule is CCc1nc(CN2CC[C@H](O)[C@]3(CCCO3)C2)c(C)[nH]1. The summed E-state index contributed by atoms with van der Waals surface area (Å²) in [5, 5.41) is 10.3. The van der Waals surface area contributed by atoms with Gasteiger partial charge < -0.3 is 14.8 Å². The Kier molecular flexibility index (Phi) is 3.84. The van der Waals surface area contributed by atoms with Gasteiger partial charge in [-0.2, -0.15) is 0 Å². The second kappa shape index (κ2) is 5.47. The number of hydrogen-bond acceptors (Lipinski definition) is 4. The molecule has 2 aliphatic rings. The topological polar surface area (TPSA) is 61.4 Å². The van der Waals surface area contributed by atoms with Gasteiger partial charge in [0.15, 0.2) is 0 Å². The zero-order valence-electron chi connectivity index (χ0n) is 12.5. The Hall–Kier alpha value is -0.910. The van der Waals surface area contributed by atoms with Gasteiger partial charge in [0, 0.05) is 38.4 Å². The van der Waals surface area contributed by atoms with Crippen molar-refractivity contribution in [2.75, 3.05) is 19.7 Å². The van der Waals surface area contributed by atoms with Crippen LogP contribution in [-0.4, -0.2) is 51.4 Å². The molecule has 0 aromatic carbocycles. The molecule has 2 aliphatic heterocycles. The van der Waals surface area contributed by atoms with E-state index in [9.17, 15) is 5.11 Å². The molecule has 5 nitrogen and oxygen atoms in total. The number of aliphatic hydroxyl groups is 1. The van der Waals surface area contributed by atoms with Crippen LogP contribution in [0.5, 0.6) is 0 Å². The molecule has 0 radical (unpaired) electrons. The van der Waals surface area contributed by atoms with Crippen molar-refractivity contribution in [3.8, 4) is 0 Å². The first-order valence-electron chi connectivity index (χ1n) is 7.72. The lowest BCUT2D eigenvalue weighted by Crippen LogP contribution is -2.56. The number of aromatic amines is 1. The number of aromatic nitrogens is 2. The van der Waals surface area contributed by atoms with Crippen molar-refractivity contribution < 1.29 is 9.84 Å². The van der Waals surface area contributed by atoms with Gasteiger partial charge in [-0.3, -0.25) is 4.90 Å². The lowest BCUT2D eigenvalue weighted by Gasteiger charge is -2.43. The Balaban J connectivity index is 1.70. The number of aliphatic hydroxyl groups excluding tert-OH is 1. The van der Waals surface area contributed by atoms with Gasteiger partial charge in [-0.05, 0) is 26.2 Å². The summed E-state index contributed by atoms with van der Waals surface area (Å²) in [7, 11) is 0. The first-order valence-corrected chi connectivity index (χ1v) is 7.72. The first-order chi connectivity index (χ1) is 9.63. The van der Waals surface area contributed by atoms with E-state index in [1.54, 1.807) is 0 Å². The van der Waals surface area contributed by atoms with E-state index in [1.807, 2.05) is 0 Å². The highest BCUT2D eigenvalue weighted by molar-refractivity contribution is 5.13. The van der Waals surface area contributed by atoms with Gasteiger partial charge in [-0.15, -0.1) is 0 Å². The number of hydrogen-bond donors (Lipinski definition) is 2. The molecule has 0 amide bonds. The molecule has 2 fully saturated rings. The lowest BCUT2D eigenvalue weighted by molar-refractivity contribution is -0.132. The maximum atomic E-state index is 10.3. The molecule has 0 aliphatic carbocycles. The van der Waals surface area contributed by atoms with Gasteiger partial charge >= 0.3 is 0 Å². The maximum Gasteiger partial charge on any atom is 0.107 e. The number of aryl methyl sites for hydroxylation is 2. The summed E-state index contributed by atoms with van der Waals surface area (Å²) in [4.78, 5) is 10.4. The van der Waals surface area contributed by atoms with E-state index in [1.165, 1.54) is 0 Å². The molecule has 1 aromatic heterocycles. The van der Waals surface area contributed by atoms with Crippen LogP contribution in [0, 0.1) is 6.92 Å². The van der Waals surface area contributed by atoms with Crippen LogP contribution in [0.25, 0.3) is 0 Å². The van der Waals surface area contributed by atoms with Crippen LogP contribution in [0.15, 0.2) is 0 Å². The minimum atomic E-state index is -0.323. The highest BCUT2D eigenvalue weighted by Crippen LogP contribution is 2.35. The zero-order chi connectivity index (χ0) is 14.2. The number of piperidine rings is 1. The number of likely N-dealkylation sites (tertiary alicyclic amines) is 1. The summed E-state index contributed by atoms with van der Waals surface area (Å²) >= 11 is 0. The van der Waals surface area contributed by atoms with Crippen LogP contribution < -0.4 is 0 Å². The van der Waals surface area contributed by atoms with Crippen molar-refractivity contribution >= 4 is 0 Å². The average molecular weight is 279 g/mol. The molecule has 5 heteroatoms. The monoisotopic (exact) mass is 279 g/mol. The summed E-state index contributed by atoms with van der Waals surface area (Å²) in [5.74, 6) is 1.06. The molecule has 3 heterocycles. The Labute approximate surface area is 120 Å². The largest absolute Gasteiger partial charge is 0.390 e. The van der Waals surface area contributed by atoms with Crippen molar-refractivity contribution in [3.63, 3.8) is 0 Å². The predicted octanol–water partition coefficient (Wildman–Crippen LogP) is 1.40. The molecule has 1 spiro atoms. The quantitative estimate of drug-likeness (QED) is 0.878. The third-order valence-electron chi connectivity index (χ3n) is 4.69. The standard InChI is InChI=1S/C15H25N3O2/c1-3-14-16-11(2)12(17-14)9-18-7-5-13(19)15(10-18)6-4-8-20-15/h13,19H,3-10H2,1-2H3,(H,16,17)/t13-,15-/m0/s1. The minimum Gasteiger partial charge on any atom is -0.390 e. The van der Waals surface area contributed by atoms with Gasteiger partial charge in [0.25, 0.3) is 0 Å². The molecular weight excluding hydrogens is 254 g/mol. The van der Waals surface area contributed by atoms with Crippen LogP contribution in [-0.2, 0) is 17.7 Å². The van der Waals surface area contributed by atoms with Crippen molar-refractivity contribution in [1.82, 2.24) is 14.9 Å². The summed E-state index contributed by atoms with van der Waals surface area (Å²) in [5.41, 5.74) is 1.97. The normalized spacial score (nSPS) is 31.2. The van der Waals surface area contributed by atoms with Crippen LogP contribution in [0.1, 0.15) is 43.4 Å². The Morgan fingerprint density at radius 3 is 3.05 bits per heavy atom. The Morgan fingerprint density at radius 1 is 1.55 bits per heavy atom. The molecule has 20 heavy (non-hydrogen) atoms. The number of ether oxygens (including phenoxy) is 1. The van der Waals surface area contributed by atoms with Gasteiger partial charge in [0.05, 0.1) is 11.8 Å². The van der Waals surface area contributed by atoms with Crippen LogP contribution in [0.3, 0.4) is 0 Å². The van der Waals surface area contributed by atoms with E-state index in [2.05, 4.69) is 28.7 Å². The number of nitrogens with zero attached hydrogens (tertiary/aromatic N) is 2. The lowest BCUT2D eigenvalue weighted by atomic mass is 9.87. The number of imidazole rings is 1. The molecule has 0 bridgehead atoms. The Morgan fingerprint density at radius 2 is 2.40 bits per heavy atom. The summed E-state index contributed by atoms with van der Waals surface area (Å²) in [6, 6.07) is 0. The van der Waals surface area contributed by atoms with Crippen LogP contribution >= 0.6 is 0 Å². The van der Waals surface area contributed by atoms with Crippen molar-refractivity contribution in [2.45, 2.75) is 57.8 Å². The van der Waals surface area contributed by atoms with Crippen LogP contribution in [0.2, 0.25) is 0 Å². The van der Waals surface area contributed by atoms with Crippen molar-refractivity contribution in [3.05, 3.63) is 17.2 Å². The highest BCUT2D eigenvalue weighted by atomic mass is 16.5. The van der Waals surface area contributed by atoms with Gasteiger partial charge in [-0.25, -0.2) is 4.98 Å². The zero-order valence-corrected chi connectivity index (χ0v) is 12.5. The molecule has 0 saturated carbocycles. The molecule has 2 atom stereocenters. The highest BCUT2D eigenvalue weighted by Gasteiger charge is 2.46. The smallest absolute Gasteiger partial charge is 0.107 e. The fourth-order valence-corrected chi connectivity index (χ4v) is 3.47. The number of H-pyrrole nitrogens is 1. The van der Waals surface area contributed by atoms with Gasteiger partial charge in [-0.1, -0.05) is 6.92 Å². The van der Waals surface area contributed by atoms with E-state index in [4.69, 9.17) is 4.74 Å². The van der Waals surface area contributed by atoms with E-state index in [0.717, 1.165) is 69.1 Å². The minimum absolute atomic E-state index is 0.312. The van der Waals surface area contributed by atoms with Crippen LogP contribution in [0.4, 0.5) is 0 Å². The molecular formula is C15H25N3O2. The molecule has 2 saturated heterocycles. The second-order valence-electron chi connectivity index (χ2n) is 6.14. The van der Waals surface area contributed by atoms with Crippen molar-refractivity contribution in [2.24, 2.45) is 0 Å². The second-order valence-corrected chi connectivity index (χ2v) is 6.14. The fourth-order valence-electron chi connectivity index (χ4n) is 3.47. The number of rotatable bonds is 3. The van der Waals surface area contributed by atoms with Gasteiger partial charge in [0.1, 0.15) is 11.4 Å². The Bertz CT molecular complexity index is 466. The van der Waals surface area contributed by atoms with E-state index in [0.29, 0.717) is 0 Å². The molecule has 2 N–H and O–H groups in total. The maximum absolute atomic E-state index is 10.3. The summed E-state index contributed by atoms with van der Waals surface area (Å²) in [6.07, 6.45) is 3.46. The average Bonchev–Trinajstić information content (AvgIpc) is 3.03. The van der Waals surface area contributed by atoms with Gasteiger partial charge in [0.2, 0.25) is 0 Å². The van der Waals surface area contributed by atoms with E-state index < -0.39 is 0 Å². The molecule has 1 aromatic rings. The fraction of sp³-hybridized carbons (Fsp3) is 0.800. The number of nitrogens with one attached hydrogen (secondary N) is 1. The van der Waals surface area contributed by atoms with E-state index >= 15 is 0 Å². The molecule has 112 valence electrons. The third kappa shape index (κ3) is 2.50. The third-order valence-corrected chi connectivity index (χ3v) is 4.69. The summed E-state index contributed by atoms with van der Waals surface area (Å²) in [6.45, 7) is 7.57. The summed E-state index contributed by atoms with van der Waals surface area (Å²) < 4.78 is 5.90.